The first-order valence-corrected chi connectivity index (χ1v) is 12.5. The highest BCUT2D eigenvalue weighted by Crippen LogP contribution is 2.65. The summed E-state index contributed by atoms with van der Waals surface area (Å²) < 4.78 is 6.14. The van der Waals surface area contributed by atoms with Gasteiger partial charge in [-0.1, -0.05) is 39.7 Å². The molecule has 1 amide bonds. The fourth-order valence-electron chi connectivity index (χ4n) is 6.73. The molecular formula is C24H29BrClN3O2. The zero-order chi connectivity index (χ0) is 21.8. The van der Waals surface area contributed by atoms with E-state index >= 15 is 0 Å². The fourth-order valence-corrected chi connectivity index (χ4v) is 8.46. The summed E-state index contributed by atoms with van der Waals surface area (Å²) in [6.45, 7) is 4.43. The van der Waals surface area contributed by atoms with Crippen LogP contribution in [0, 0.1) is 17.3 Å². The average Bonchev–Trinajstić information content (AvgIpc) is 3.12. The van der Waals surface area contributed by atoms with Crippen molar-refractivity contribution in [3.05, 3.63) is 35.2 Å². The van der Waals surface area contributed by atoms with Crippen LogP contribution in [0.4, 0.5) is 0 Å². The molecule has 1 heterocycles. The van der Waals surface area contributed by atoms with Crippen LogP contribution in [0.3, 0.4) is 0 Å². The van der Waals surface area contributed by atoms with Gasteiger partial charge in [0.2, 0.25) is 17.7 Å². The number of alkyl halides is 1. The maximum Gasteiger partial charge on any atom is 0.249 e. The number of nitrogens with zero attached hydrogens (tertiary/aromatic N) is 3. The smallest absolute Gasteiger partial charge is 0.249 e. The second-order valence-corrected chi connectivity index (χ2v) is 12.5. The molecule has 4 aliphatic rings. The van der Waals surface area contributed by atoms with Crippen LogP contribution in [-0.2, 0) is 11.3 Å². The molecule has 31 heavy (non-hydrogen) atoms. The van der Waals surface area contributed by atoms with Crippen LogP contribution in [0.1, 0.15) is 64.7 Å². The monoisotopic (exact) mass is 505 g/mol. The van der Waals surface area contributed by atoms with Crippen molar-refractivity contribution in [2.45, 2.75) is 75.7 Å². The molecule has 1 aromatic carbocycles. The van der Waals surface area contributed by atoms with E-state index in [1.54, 1.807) is 6.07 Å². The van der Waals surface area contributed by atoms with Gasteiger partial charge in [-0.2, -0.15) is 0 Å². The van der Waals surface area contributed by atoms with Gasteiger partial charge in [-0.3, -0.25) is 4.79 Å². The van der Waals surface area contributed by atoms with Gasteiger partial charge in [0, 0.05) is 16.8 Å². The van der Waals surface area contributed by atoms with Crippen LogP contribution < -0.4 is 0 Å². The Balaban J connectivity index is 1.32. The first-order valence-electron chi connectivity index (χ1n) is 11.3. The molecule has 0 spiro atoms. The van der Waals surface area contributed by atoms with Crippen molar-refractivity contribution in [1.82, 2.24) is 15.1 Å². The number of hydrogen-bond acceptors (Lipinski definition) is 4. The number of carbonyl (C=O) groups is 1. The van der Waals surface area contributed by atoms with Crippen molar-refractivity contribution in [2.75, 3.05) is 0 Å². The summed E-state index contributed by atoms with van der Waals surface area (Å²) in [6, 6.07) is 7.47. The first-order chi connectivity index (χ1) is 14.7. The Kier molecular flexibility index (Phi) is 5.45. The molecule has 7 heteroatoms. The molecule has 4 fully saturated rings. The number of halogens is 2. The average molecular weight is 507 g/mol. The van der Waals surface area contributed by atoms with Crippen LogP contribution in [-0.4, -0.2) is 31.4 Å². The van der Waals surface area contributed by atoms with E-state index in [9.17, 15) is 4.79 Å². The van der Waals surface area contributed by atoms with E-state index in [1.807, 2.05) is 23.1 Å². The summed E-state index contributed by atoms with van der Waals surface area (Å²) >= 11 is 10.3. The quantitative estimate of drug-likeness (QED) is 0.434. The molecule has 4 bridgehead atoms. The minimum absolute atomic E-state index is 0.0648. The largest absolute Gasteiger partial charge is 0.419 e. The maximum atomic E-state index is 13.5. The van der Waals surface area contributed by atoms with Crippen molar-refractivity contribution in [3.63, 3.8) is 0 Å². The summed E-state index contributed by atoms with van der Waals surface area (Å²) in [6.07, 6.45) is 8.06. The van der Waals surface area contributed by atoms with Gasteiger partial charge in [0.1, 0.15) is 0 Å². The van der Waals surface area contributed by atoms with Crippen molar-refractivity contribution in [3.8, 4) is 11.5 Å². The second-order valence-electron chi connectivity index (χ2n) is 10.4. The highest BCUT2D eigenvalue weighted by Gasteiger charge is 2.57. The SMILES string of the molecule is CC(C)N(Cc1nnc(-c2ccccc2Cl)o1)C(=O)CC12CC3CC(CC(Br)(C3)C1)C2. The van der Waals surface area contributed by atoms with Gasteiger partial charge < -0.3 is 9.32 Å². The van der Waals surface area contributed by atoms with Crippen LogP contribution >= 0.6 is 27.5 Å². The van der Waals surface area contributed by atoms with E-state index in [2.05, 4.69) is 40.0 Å². The van der Waals surface area contributed by atoms with Crippen molar-refractivity contribution < 1.29 is 9.21 Å². The Hall–Kier alpha value is -1.40. The van der Waals surface area contributed by atoms with Gasteiger partial charge in [0.15, 0.2) is 0 Å². The van der Waals surface area contributed by atoms with E-state index in [1.165, 1.54) is 32.1 Å². The highest BCUT2D eigenvalue weighted by molar-refractivity contribution is 9.10. The maximum absolute atomic E-state index is 13.5. The first kappa shape index (κ1) is 21.4. The Morgan fingerprint density at radius 1 is 1.23 bits per heavy atom. The Morgan fingerprint density at radius 2 is 1.94 bits per heavy atom. The molecule has 2 atom stereocenters. The zero-order valence-electron chi connectivity index (χ0n) is 18.1. The van der Waals surface area contributed by atoms with Crippen molar-refractivity contribution in [2.24, 2.45) is 17.3 Å². The lowest BCUT2D eigenvalue weighted by atomic mass is 9.48. The molecule has 0 N–H and O–H groups in total. The minimum atomic E-state index is 0.0648. The zero-order valence-corrected chi connectivity index (χ0v) is 20.5. The van der Waals surface area contributed by atoms with Gasteiger partial charge >= 0.3 is 0 Å². The number of amides is 1. The van der Waals surface area contributed by atoms with Gasteiger partial charge in [0.05, 0.1) is 17.1 Å². The van der Waals surface area contributed by atoms with E-state index in [4.69, 9.17) is 16.0 Å². The van der Waals surface area contributed by atoms with Crippen LogP contribution in [0.15, 0.2) is 28.7 Å². The highest BCUT2D eigenvalue weighted by atomic mass is 79.9. The number of carbonyl (C=O) groups excluding carboxylic acids is 1. The predicted molar refractivity (Wildman–Crippen MR) is 124 cm³/mol. The van der Waals surface area contributed by atoms with Gasteiger partial charge in [-0.05, 0) is 81.8 Å². The summed E-state index contributed by atoms with van der Waals surface area (Å²) in [5.74, 6) is 2.58. The summed E-state index contributed by atoms with van der Waals surface area (Å²) in [5, 5.41) is 8.93. The molecule has 2 aromatic rings. The van der Waals surface area contributed by atoms with Crippen molar-refractivity contribution in [1.29, 1.82) is 0 Å². The number of rotatable bonds is 6. The molecule has 0 aliphatic heterocycles. The Morgan fingerprint density at radius 3 is 2.58 bits per heavy atom. The number of benzene rings is 1. The molecule has 4 saturated carbocycles. The third kappa shape index (κ3) is 4.18. The summed E-state index contributed by atoms with van der Waals surface area (Å²) in [7, 11) is 0. The van der Waals surface area contributed by atoms with Gasteiger partial charge in [-0.25, -0.2) is 0 Å². The van der Waals surface area contributed by atoms with Crippen LogP contribution in [0.2, 0.25) is 5.02 Å². The predicted octanol–water partition coefficient (Wildman–Crippen LogP) is 6.25. The van der Waals surface area contributed by atoms with Gasteiger partial charge in [0.25, 0.3) is 0 Å². The van der Waals surface area contributed by atoms with Crippen molar-refractivity contribution >= 4 is 33.4 Å². The molecule has 0 radical (unpaired) electrons. The lowest BCUT2D eigenvalue weighted by molar-refractivity contribution is -0.141. The third-order valence-electron chi connectivity index (χ3n) is 7.46. The molecular weight excluding hydrogens is 478 g/mol. The van der Waals surface area contributed by atoms with Gasteiger partial charge in [-0.15, -0.1) is 10.2 Å². The lowest BCUT2D eigenvalue weighted by Crippen LogP contribution is -2.54. The molecule has 2 unspecified atom stereocenters. The Labute approximate surface area is 197 Å². The minimum Gasteiger partial charge on any atom is -0.419 e. The molecule has 6 rings (SSSR count). The molecule has 5 nitrogen and oxygen atoms in total. The van der Waals surface area contributed by atoms with E-state index in [0.717, 1.165) is 18.3 Å². The Bertz CT molecular complexity index is 977. The lowest BCUT2D eigenvalue weighted by Gasteiger charge is -2.60. The van der Waals surface area contributed by atoms with E-state index in [0.29, 0.717) is 35.3 Å². The number of aromatic nitrogens is 2. The van der Waals surface area contributed by atoms with Crippen LogP contribution in [0.25, 0.3) is 11.5 Å². The van der Waals surface area contributed by atoms with Crippen LogP contribution in [0.5, 0.6) is 0 Å². The second kappa shape index (κ2) is 7.87. The molecule has 4 aliphatic carbocycles. The molecule has 1 aromatic heterocycles. The van der Waals surface area contributed by atoms with E-state index in [-0.39, 0.29) is 21.7 Å². The molecule has 166 valence electrons. The fraction of sp³-hybridized carbons (Fsp3) is 0.625. The topological polar surface area (TPSA) is 59.2 Å². The van der Waals surface area contributed by atoms with E-state index < -0.39 is 0 Å². The summed E-state index contributed by atoms with van der Waals surface area (Å²) in [5.41, 5.74) is 0.858. The summed E-state index contributed by atoms with van der Waals surface area (Å²) in [4.78, 5) is 15.4. The standard InChI is InChI=1S/C24H29BrClN3O2/c1-15(2)29(13-20-27-28-22(31-20)18-5-3-4-6-19(18)26)21(30)12-23-8-16-7-17(9-23)11-24(25,10-16)14-23/h3-6,15-17H,7-14H2,1-2H3. The normalized spacial score (nSPS) is 31.4. The third-order valence-corrected chi connectivity index (χ3v) is 8.71. The number of hydrogen-bond donors (Lipinski definition) is 0. The molecule has 0 saturated heterocycles.